The number of hydrogen-bond acceptors (Lipinski definition) is 1. The first-order valence-corrected chi connectivity index (χ1v) is 6.04. The molecular formula is C15H18O2. The van der Waals surface area contributed by atoms with Crippen molar-refractivity contribution in [2.45, 2.75) is 33.1 Å². The first kappa shape index (κ1) is 11.9. The Balaban J connectivity index is 2.25. The van der Waals surface area contributed by atoms with Crippen LogP contribution in [0.1, 0.15) is 37.3 Å². The van der Waals surface area contributed by atoms with E-state index in [2.05, 4.69) is 19.1 Å². The van der Waals surface area contributed by atoms with Gasteiger partial charge in [0.25, 0.3) is 0 Å². The highest BCUT2D eigenvalue weighted by Gasteiger charge is 2.50. The number of aliphatic carboxylic acids is 1. The second-order valence-electron chi connectivity index (χ2n) is 4.89. The molecule has 0 aromatic heterocycles. The van der Waals surface area contributed by atoms with E-state index in [4.69, 9.17) is 0 Å². The van der Waals surface area contributed by atoms with Crippen molar-refractivity contribution in [3.05, 3.63) is 41.5 Å². The van der Waals surface area contributed by atoms with Gasteiger partial charge in [-0.25, -0.2) is 0 Å². The Labute approximate surface area is 102 Å². The number of aryl methyl sites for hydroxylation is 1. The van der Waals surface area contributed by atoms with Gasteiger partial charge < -0.3 is 5.11 Å². The molecule has 1 aliphatic carbocycles. The molecule has 1 saturated carbocycles. The van der Waals surface area contributed by atoms with Gasteiger partial charge in [-0.15, -0.1) is 0 Å². The molecule has 0 amide bonds. The van der Waals surface area contributed by atoms with Crippen molar-refractivity contribution in [2.75, 3.05) is 0 Å². The minimum atomic E-state index is -0.648. The highest BCUT2D eigenvalue weighted by Crippen LogP contribution is 2.52. The Hall–Kier alpha value is -1.57. The quantitative estimate of drug-likeness (QED) is 0.857. The number of hydrogen-bond donors (Lipinski definition) is 1. The molecule has 90 valence electrons. The molecule has 0 saturated heterocycles. The minimum Gasteiger partial charge on any atom is -0.481 e. The first-order chi connectivity index (χ1) is 8.09. The number of carboxylic acid groups (broad SMARTS) is 1. The fourth-order valence-corrected chi connectivity index (χ4v) is 2.27. The summed E-state index contributed by atoms with van der Waals surface area (Å²) >= 11 is 0. The second kappa shape index (κ2) is 4.36. The maximum atomic E-state index is 11.2. The highest BCUT2D eigenvalue weighted by molar-refractivity contribution is 5.82. The summed E-state index contributed by atoms with van der Waals surface area (Å²) in [5.74, 6) is -0.648. The normalized spacial score (nSPS) is 17.9. The Kier molecular flexibility index (Phi) is 3.05. The lowest BCUT2D eigenvalue weighted by atomic mass is 9.90. The average Bonchev–Trinajstić information content (AvgIpc) is 3.08. The van der Waals surface area contributed by atoms with E-state index >= 15 is 0 Å². The standard InChI is InChI=1S/C15H18O2/c1-3-12(10-15(8-9-15)14(16)17)13-7-5-4-6-11(13)2/h3-7H,8-10H2,1-2H3,(H,16,17)/b12-3-. The maximum absolute atomic E-state index is 11.2. The van der Waals surface area contributed by atoms with Gasteiger partial charge in [-0.2, -0.15) is 0 Å². The van der Waals surface area contributed by atoms with Gasteiger partial charge in [0.1, 0.15) is 0 Å². The van der Waals surface area contributed by atoms with Crippen molar-refractivity contribution in [1.29, 1.82) is 0 Å². The molecule has 17 heavy (non-hydrogen) atoms. The van der Waals surface area contributed by atoms with E-state index in [1.807, 2.05) is 25.1 Å². The summed E-state index contributed by atoms with van der Waals surface area (Å²) in [6.45, 7) is 4.05. The van der Waals surface area contributed by atoms with E-state index in [0.29, 0.717) is 6.42 Å². The average molecular weight is 230 g/mol. The molecule has 1 fully saturated rings. The fraction of sp³-hybridized carbons (Fsp3) is 0.400. The minimum absolute atomic E-state index is 0.482. The monoisotopic (exact) mass is 230 g/mol. The van der Waals surface area contributed by atoms with E-state index in [0.717, 1.165) is 18.4 Å². The number of carboxylic acids is 1. The molecule has 1 N–H and O–H groups in total. The molecule has 0 aliphatic heterocycles. The molecule has 0 bridgehead atoms. The van der Waals surface area contributed by atoms with Gasteiger partial charge in [0.05, 0.1) is 5.41 Å². The van der Waals surface area contributed by atoms with E-state index in [1.54, 1.807) is 0 Å². The van der Waals surface area contributed by atoms with Crippen LogP contribution in [0.3, 0.4) is 0 Å². The van der Waals surface area contributed by atoms with Crippen molar-refractivity contribution in [2.24, 2.45) is 5.41 Å². The lowest BCUT2D eigenvalue weighted by Crippen LogP contribution is -2.15. The third-order valence-corrected chi connectivity index (χ3v) is 3.68. The molecule has 1 aromatic rings. The van der Waals surface area contributed by atoms with Gasteiger partial charge >= 0.3 is 5.97 Å². The van der Waals surface area contributed by atoms with Crippen molar-refractivity contribution >= 4 is 11.5 Å². The predicted molar refractivity (Wildman–Crippen MR) is 68.7 cm³/mol. The summed E-state index contributed by atoms with van der Waals surface area (Å²) < 4.78 is 0. The van der Waals surface area contributed by atoms with Crippen LogP contribution in [-0.2, 0) is 4.79 Å². The SMILES string of the molecule is C/C=C(/CC1(C(=O)O)CC1)c1ccccc1C. The Bertz CT molecular complexity index is 468. The van der Waals surface area contributed by atoms with Crippen LogP contribution in [0.4, 0.5) is 0 Å². The number of benzene rings is 1. The number of rotatable bonds is 4. The number of allylic oxidation sites excluding steroid dienone is 2. The molecule has 2 heteroatoms. The van der Waals surface area contributed by atoms with Crippen molar-refractivity contribution < 1.29 is 9.90 Å². The molecule has 2 nitrogen and oxygen atoms in total. The van der Waals surface area contributed by atoms with Crippen molar-refractivity contribution in [3.63, 3.8) is 0 Å². The lowest BCUT2D eigenvalue weighted by molar-refractivity contribution is -0.143. The third kappa shape index (κ3) is 2.26. The molecule has 2 rings (SSSR count). The zero-order chi connectivity index (χ0) is 12.5. The Morgan fingerprint density at radius 2 is 2.06 bits per heavy atom. The van der Waals surface area contributed by atoms with E-state index in [1.165, 1.54) is 11.1 Å². The zero-order valence-corrected chi connectivity index (χ0v) is 10.4. The maximum Gasteiger partial charge on any atom is 0.309 e. The van der Waals surface area contributed by atoms with Crippen LogP contribution in [0, 0.1) is 12.3 Å². The van der Waals surface area contributed by atoms with Gasteiger partial charge in [-0.1, -0.05) is 30.3 Å². The first-order valence-electron chi connectivity index (χ1n) is 6.04. The largest absolute Gasteiger partial charge is 0.481 e. The van der Waals surface area contributed by atoms with Crippen LogP contribution in [0.25, 0.3) is 5.57 Å². The smallest absolute Gasteiger partial charge is 0.309 e. The van der Waals surface area contributed by atoms with Crippen LogP contribution in [0.15, 0.2) is 30.3 Å². The summed E-state index contributed by atoms with van der Waals surface area (Å²) in [5.41, 5.74) is 3.07. The predicted octanol–water partition coefficient (Wildman–Crippen LogP) is 3.65. The molecule has 0 atom stereocenters. The van der Waals surface area contributed by atoms with E-state index < -0.39 is 11.4 Å². The van der Waals surface area contributed by atoms with Gasteiger partial charge in [0.15, 0.2) is 0 Å². The van der Waals surface area contributed by atoms with Gasteiger partial charge in [0, 0.05) is 0 Å². The van der Waals surface area contributed by atoms with Gasteiger partial charge in [-0.05, 0) is 49.8 Å². The van der Waals surface area contributed by atoms with Crippen LogP contribution in [0.5, 0.6) is 0 Å². The summed E-state index contributed by atoms with van der Waals surface area (Å²) in [6, 6.07) is 8.16. The summed E-state index contributed by atoms with van der Waals surface area (Å²) in [5, 5.41) is 9.24. The number of carbonyl (C=O) groups is 1. The van der Waals surface area contributed by atoms with Gasteiger partial charge in [-0.3, -0.25) is 4.79 Å². The van der Waals surface area contributed by atoms with Crippen LogP contribution < -0.4 is 0 Å². The fourth-order valence-electron chi connectivity index (χ4n) is 2.27. The van der Waals surface area contributed by atoms with Crippen molar-refractivity contribution in [1.82, 2.24) is 0 Å². The van der Waals surface area contributed by atoms with E-state index in [9.17, 15) is 9.90 Å². The molecular weight excluding hydrogens is 212 g/mol. The van der Waals surface area contributed by atoms with Crippen LogP contribution in [0.2, 0.25) is 0 Å². The third-order valence-electron chi connectivity index (χ3n) is 3.68. The topological polar surface area (TPSA) is 37.3 Å². The summed E-state index contributed by atoms with van der Waals surface area (Å²) in [4.78, 5) is 11.2. The second-order valence-corrected chi connectivity index (χ2v) is 4.89. The molecule has 1 aromatic carbocycles. The highest BCUT2D eigenvalue weighted by atomic mass is 16.4. The van der Waals surface area contributed by atoms with Gasteiger partial charge in [0.2, 0.25) is 0 Å². The van der Waals surface area contributed by atoms with Crippen molar-refractivity contribution in [3.8, 4) is 0 Å². The Morgan fingerprint density at radius 1 is 1.41 bits per heavy atom. The van der Waals surface area contributed by atoms with E-state index in [-0.39, 0.29) is 0 Å². The van der Waals surface area contributed by atoms with Crippen LogP contribution >= 0.6 is 0 Å². The molecule has 0 spiro atoms. The Morgan fingerprint density at radius 3 is 2.53 bits per heavy atom. The van der Waals surface area contributed by atoms with Crippen LogP contribution in [-0.4, -0.2) is 11.1 Å². The zero-order valence-electron chi connectivity index (χ0n) is 10.4. The summed E-state index contributed by atoms with van der Waals surface area (Å²) in [6.07, 6.45) is 4.33. The molecule has 0 unspecified atom stereocenters. The molecule has 1 aliphatic rings. The lowest BCUT2D eigenvalue weighted by Gasteiger charge is -2.15. The summed E-state index contributed by atoms with van der Waals surface area (Å²) in [7, 11) is 0. The molecule has 0 heterocycles. The molecule has 0 radical (unpaired) electrons.